The van der Waals surface area contributed by atoms with E-state index in [1.807, 2.05) is 13.8 Å². The summed E-state index contributed by atoms with van der Waals surface area (Å²) in [4.78, 5) is 26.5. The molecule has 0 spiro atoms. The molecule has 3 aromatic carbocycles. The van der Waals surface area contributed by atoms with Gasteiger partial charge in [0.05, 0.1) is 16.0 Å². The van der Waals surface area contributed by atoms with Crippen molar-refractivity contribution in [2.75, 3.05) is 17.7 Å². The summed E-state index contributed by atoms with van der Waals surface area (Å²) < 4.78 is 40.8. The number of anilines is 2. The Kier molecular flexibility index (Phi) is 8.21. The number of ketones is 2. The number of fused-ring (bicyclic) bond motifs is 2. The van der Waals surface area contributed by atoms with Gasteiger partial charge < -0.3 is 19.9 Å². The molecule has 4 rings (SSSR count). The number of nitrogens with one attached hydrogen (secondary N) is 2. The summed E-state index contributed by atoms with van der Waals surface area (Å²) in [6.45, 7) is 3.84. The summed E-state index contributed by atoms with van der Waals surface area (Å²) in [5, 5.41) is 6.24. The normalized spacial score (nSPS) is 13.5. The molecule has 0 amide bonds. The van der Waals surface area contributed by atoms with E-state index in [9.17, 15) is 22.6 Å². The molecule has 1 aliphatic carbocycles. The zero-order valence-electron chi connectivity index (χ0n) is 19.8. The van der Waals surface area contributed by atoms with E-state index in [0.29, 0.717) is 11.3 Å². The number of carbonyl (C=O) groups excluding carboxylic acids is 2. The number of methoxy groups -OCH3 is 1. The zero-order valence-corrected chi connectivity index (χ0v) is 22.6. The van der Waals surface area contributed by atoms with Gasteiger partial charge in [-0.15, -0.1) is 0 Å². The predicted octanol–water partition coefficient (Wildman–Crippen LogP) is 0.948. The summed E-state index contributed by atoms with van der Waals surface area (Å²) in [5.41, 5.74) is 1.85. The van der Waals surface area contributed by atoms with Gasteiger partial charge in [-0.2, -0.15) is 0 Å². The zero-order chi connectivity index (χ0) is 24.6. The molecule has 0 radical (unpaired) electrons. The van der Waals surface area contributed by atoms with E-state index in [1.54, 1.807) is 42.5 Å². The first kappa shape index (κ1) is 27.1. The van der Waals surface area contributed by atoms with Crippen LogP contribution in [0.25, 0.3) is 0 Å². The fraction of sp³-hybridized carbons (Fsp3) is 0.200. The average Bonchev–Trinajstić information content (AvgIpc) is 2.80. The second kappa shape index (κ2) is 10.6. The topological polar surface area (TPSA) is 125 Å². The molecular weight excluding hydrogens is 479 g/mol. The Morgan fingerprint density at radius 3 is 1.77 bits per heavy atom. The quantitative estimate of drug-likeness (QED) is 0.217. The fourth-order valence-corrected chi connectivity index (χ4v) is 4.81. The van der Waals surface area contributed by atoms with Crippen LogP contribution in [0.4, 0.5) is 11.4 Å². The first-order valence-corrected chi connectivity index (χ1v) is 12.0. The monoisotopic (exact) mass is 502 g/mol. The van der Waals surface area contributed by atoms with E-state index in [0.717, 1.165) is 0 Å². The van der Waals surface area contributed by atoms with Crippen molar-refractivity contribution in [1.29, 1.82) is 0 Å². The van der Waals surface area contributed by atoms with Crippen molar-refractivity contribution in [3.8, 4) is 0 Å². The summed E-state index contributed by atoms with van der Waals surface area (Å²) in [6, 6.07) is 15.6. The maximum Gasteiger partial charge on any atom is 1.00 e. The first-order valence-electron chi connectivity index (χ1n) is 10.6. The molecule has 0 saturated heterocycles. The molecule has 1 atom stereocenters. The molecule has 0 bridgehead atoms. The van der Waals surface area contributed by atoms with Gasteiger partial charge in [-0.3, -0.25) is 9.59 Å². The summed E-state index contributed by atoms with van der Waals surface area (Å²) in [6.07, 6.45) is -1.08. The van der Waals surface area contributed by atoms with Crippen molar-refractivity contribution in [3.63, 3.8) is 0 Å². The number of hydrogen-bond acceptors (Lipinski definition) is 8. The maximum absolute atomic E-state index is 13.5. The molecule has 176 valence electrons. The van der Waals surface area contributed by atoms with Gasteiger partial charge >= 0.3 is 29.6 Å². The largest absolute Gasteiger partial charge is 1.00 e. The van der Waals surface area contributed by atoms with Gasteiger partial charge in [0.25, 0.3) is 0 Å². The van der Waals surface area contributed by atoms with Crippen molar-refractivity contribution in [1.82, 2.24) is 0 Å². The van der Waals surface area contributed by atoms with E-state index in [1.165, 1.54) is 25.3 Å². The minimum atomic E-state index is -4.78. The van der Waals surface area contributed by atoms with Crippen LogP contribution in [-0.4, -0.2) is 37.7 Å². The predicted molar refractivity (Wildman–Crippen MR) is 126 cm³/mol. The molecule has 3 aromatic rings. The molecule has 2 N–H and O–H groups in total. The minimum Gasteiger partial charge on any atom is -0.744 e. The molecule has 10 heteroatoms. The SMILES string of the molecule is COC(Nc1ccc(NC(C)C)c2c1C(=O)c1ccccc1C2=O)c1ccccc1S(=O)(=O)[O-].[Na+]. The van der Waals surface area contributed by atoms with Crippen molar-refractivity contribution in [2.45, 2.75) is 31.0 Å². The summed E-state index contributed by atoms with van der Waals surface area (Å²) in [7, 11) is -3.44. The van der Waals surface area contributed by atoms with Crippen LogP contribution in [0.2, 0.25) is 0 Å². The number of hydrogen-bond donors (Lipinski definition) is 2. The molecule has 0 fully saturated rings. The van der Waals surface area contributed by atoms with E-state index in [4.69, 9.17) is 4.74 Å². The Labute approximate surface area is 226 Å². The maximum atomic E-state index is 13.5. The van der Waals surface area contributed by atoms with Gasteiger partial charge in [0, 0.05) is 41.2 Å². The smallest absolute Gasteiger partial charge is 0.744 e. The third kappa shape index (κ3) is 5.20. The minimum absolute atomic E-state index is 0. The van der Waals surface area contributed by atoms with Gasteiger partial charge in [0.15, 0.2) is 17.8 Å². The molecule has 0 aliphatic heterocycles. The third-order valence-corrected chi connectivity index (χ3v) is 6.42. The fourth-order valence-electron chi connectivity index (χ4n) is 4.10. The molecule has 0 saturated carbocycles. The van der Waals surface area contributed by atoms with Gasteiger partial charge in [0.2, 0.25) is 0 Å². The van der Waals surface area contributed by atoms with Gasteiger partial charge in [-0.05, 0) is 32.0 Å². The van der Waals surface area contributed by atoms with Crippen LogP contribution in [0, 0.1) is 0 Å². The first-order chi connectivity index (χ1) is 16.1. The summed E-state index contributed by atoms with van der Waals surface area (Å²) in [5.74, 6) is -0.645. The third-order valence-electron chi connectivity index (χ3n) is 5.51. The molecule has 0 aromatic heterocycles. The van der Waals surface area contributed by atoms with Crippen LogP contribution in [0.3, 0.4) is 0 Å². The number of ether oxygens (including phenoxy) is 1. The van der Waals surface area contributed by atoms with Crippen LogP contribution in [0.1, 0.15) is 57.5 Å². The van der Waals surface area contributed by atoms with Crippen LogP contribution in [0.15, 0.2) is 65.6 Å². The van der Waals surface area contributed by atoms with Gasteiger partial charge in [-0.1, -0.05) is 42.5 Å². The van der Waals surface area contributed by atoms with Crippen molar-refractivity contribution in [3.05, 3.63) is 88.5 Å². The molecule has 0 heterocycles. The molecule has 8 nitrogen and oxygen atoms in total. The van der Waals surface area contributed by atoms with Crippen molar-refractivity contribution in [2.24, 2.45) is 0 Å². The van der Waals surface area contributed by atoms with Crippen molar-refractivity contribution < 1.29 is 56.9 Å². The van der Waals surface area contributed by atoms with E-state index in [-0.39, 0.29) is 75.1 Å². The van der Waals surface area contributed by atoms with E-state index in [2.05, 4.69) is 10.6 Å². The Bertz CT molecular complexity index is 1400. The van der Waals surface area contributed by atoms with Crippen LogP contribution >= 0.6 is 0 Å². The Balaban J connectivity index is 0.00000342. The second-order valence-corrected chi connectivity index (χ2v) is 9.51. The summed E-state index contributed by atoms with van der Waals surface area (Å²) >= 11 is 0. The van der Waals surface area contributed by atoms with Gasteiger partial charge in [0.1, 0.15) is 10.1 Å². The second-order valence-electron chi connectivity index (χ2n) is 8.17. The Hall–Kier alpha value is -2.53. The Morgan fingerprint density at radius 2 is 1.29 bits per heavy atom. The molecule has 1 aliphatic rings. The van der Waals surface area contributed by atoms with Crippen LogP contribution in [-0.2, 0) is 14.9 Å². The molecule has 1 unspecified atom stereocenters. The van der Waals surface area contributed by atoms with E-state index < -0.39 is 21.2 Å². The number of benzene rings is 3. The standard InChI is InChI=1S/C25H24N2O6S.Na/c1-14(2)26-18-12-13-19(22-21(18)23(28)15-8-4-5-9-16(15)24(22)29)27-25(33-3)17-10-6-7-11-20(17)34(30,31)32;/h4-14,25-27H,1-3H3,(H,30,31,32);/q;+1/p-1. The van der Waals surface area contributed by atoms with Crippen molar-refractivity contribution >= 4 is 33.1 Å². The average molecular weight is 503 g/mol. The number of carbonyl (C=O) groups is 2. The number of rotatable bonds is 7. The molecular formula is C25H23N2NaO6S. The van der Waals surface area contributed by atoms with Crippen LogP contribution < -0.4 is 40.2 Å². The van der Waals surface area contributed by atoms with E-state index >= 15 is 0 Å². The van der Waals surface area contributed by atoms with Gasteiger partial charge in [-0.25, -0.2) is 8.42 Å². The Morgan fingerprint density at radius 1 is 0.800 bits per heavy atom. The molecule has 35 heavy (non-hydrogen) atoms. The van der Waals surface area contributed by atoms with Crippen LogP contribution in [0.5, 0.6) is 0 Å².